The lowest BCUT2D eigenvalue weighted by Crippen LogP contribution is -2.11. The zero-order valence-electron chi connectivity index (χ0n) is 15.2. The van der Waals surface area contributed by atoms with E-state index in [0.717, 1.165) is 30.6 Å². The molecule has 2 aromatic carbocycles. The second-order valence-electron chi connectivity index (χ2n) is 6.23. The molecule has 5 nitrogen and oxygen atoms in total. The van der Waals surface area contributed by atoms with Crippen molar-refractivity contribution >= 4 is 22.6 Å². The predicted molar refractivity (Wildman–Crippen MR) is 107 cm³/mol. The summed E-state index contributed by atoms with van der Waals surface area (Å²) in [6.45, 7) is 2.86. The number of para-hydroxylation sites is 1. The SMILES string of the molecule is CCCCCOc1ccc(/C=C(/C#N)c2nc3ccccc3c(=O)[nH]2)cc1. The Labute approximate surface area is 158 Å². The van der Waals surface area contributed by atoms with Crippen LogP contribution in [0.5, 0.6) is 5.75 Å². The number of hydrogen-bond acceptors (Lipinski definition) is 4. The maximum atomic E-state index is 12.2. The standard InChI is InChI=1S/C22H21N3O2/c1-2-3-6-13-27-18-11-9-16(10-12-18)14-17(15-23)21-24-20-8-5-4-7-19(20)22(26)25-21/h4-5,7-12,14H,2-3,6,13H2,1H3,(H,24,25,26)/b17-14-. The van der Waals surface area contributed by atoms with Crippen LogP contribution < -0.4 is 10.3 Å². The Hall–Kier alpha value is -3.39. The van der Waals surface area contributed by atoms with Crippen LogP contribution in [0.1, 0.15) is 37.6 Å². The van der Waals surface area contributed by atoms with Gasteiger partial charge in [0, 0.05) is 0 Å². The van der Waals surface area contributed by atoms with Crippen molar-refractivity contribution in [2.24, 2.45) is 0 Å². The highest BCUT2D eigenvalue weighted by atomic mass is 16.5. The van der Waals surface area contributed by atoms with Gasteiger partial charge >= 0.3 is 0 Å². The average Bonchev–Trinajstić information content (AvgIpc) is 2.70. The molecule has 0 radical (unpaired) electrons. The summed E-state index contributed by atoms with van der Waals surface area (Å²) in [6.07, 6.45) is 5.06. The highest BCUT2D eigenvalue weighted by Crippen LogP contribution is 2.18. The Morgan fingerprint density at radius 2 is 1.96 bits per heavy atom. The van der Waals surface area contributed by atoms with E-state index in [2.05, 4.69) is 23.0 Å². The van der Waals surface area contributed by atoms with E-state index in [1.165, 1.54) is 0 Å². The number of benzene rings is 2. The van der Waals surface area contributed by atoms with Crippen molar-refractivity contribution in [3.8, 4) is 11.8 Å². The maximum Gasteiger partial charge on any atom is 0.259 e. The first-order valence-electron chi connectivity index (χ1n) is 9.05. The molecule has 0 fully saturated rings. The first-order valence-corrected chi connectivity index (χ1v) is 9.05. The number of allylic oxidation sites excluding steroid dienone is 1. The molecule has 0 atom stereocenters. The molecule has 5 heteroatoms. The van der Waals surface area contributed by atoms with Crippen LogP contribution in [-0.2, 0) is 0 Å². The van der Waals surface area contributed by atoms with Gasteiger partial charge in [0.05, 0.1) is 23.1 Å². The van der Waals surface area contributed by atoms with Crippen LogP contribution in [0.15, 0.2) is 53.3 Å². The highest BCUT2D eigenvalue weighted by molar-refractivity contribution is 5.89. The summed E-state index contributed by atoms with van der Waals surface area (Å²) in [5.41, 5.74) is 1.44. The number of nitrogens with one attached hydrogen (secondary N) is 1. The van der Waals surface area contributed by atoms with Gasteiger partial charge < -0.3 is 9.72 Å². The van der Waals surface area contributed by atoms with Crippen molar-refractivity contribution in [3.63, 3.8) is 0 Å². The summed E-state index contributed by atoms with van der Waals surface area (Å²) < 4.78 is 5.70. The lowest BCUT2D eigenvalue weighted by Gasteiger charge is -2.06. The number of nitriles is 1. The Bertz CT molecular complexity index is 1040. The molecule has 0 unspecified atom stereocenters. The normalized spacial score (nSPS) is 11.3. The van der Waals surface area contributed by atoms with E-state index in [0.29, 0.717) is 23.1 Å². The fraction of sp³-hybridized carbons (Fsp3) is 0.227. The molecule has 0 aliphatic heterocycles. The zero-order valence-corrected chi connectivity index (χ0v) is 15.2. The second-order valence-corrected chi connectivity index (χ2v) is 6.23. The molecule has 3 rings (SSSR count). The molecule has 0 amide bonds. The van der Waals surface area contributed by atoms with E-state index in [-0.39, 0.29) is 11.4 Å². The predicted octanol–water partition coefficient (Wildman–Crippen LogP) is 4.56. The zero-order chi connectivity index (χ0) is 19.1. The van der Waals surface area contributed by atoms with Gasteiger partial charge in [0.25, 0.3) is 5.56 Å². The van der Waals surface area contributed by atoms with Crippen molar-refractivity contribution < 1.29 is 4.74 Å². The number of nitrogens with zero attached hydrogens (tertiary/aromatic N) is 2. The van der Waals surface area contributed by atoms with Crippen LogP contribution in [0.4, 0.5) is 0 Å². The molecule has 0 bridgehead atoms. The van der Waals surface area contributed by atoms with Gasteiger partial charge in [-0.3, -0.25) is 4.79 Å². The number of ether oxygens (including phenoxy) is 1. The van der Waals surface area contributed by atoms with Crippen molar-refractivity contribution in [3.05, 3.63) is 70.3 Å². The summed E-state index contributed by atoms with van der Waals surface area (Å²) in [6, 6.07) is 16.7. The van der Waals surface area contributed by atoms with E-state index in [1.807, 2.05) is 30.3 Å². The summed E-state index contributed by atoms with van der Waals surface area (Å²) in [7, 11) is 0. The van der Waals surface area contributed by atoms with E-state index in [9.17, 15) is 10.1 Å². The molecule has 0 spiro atoms. The molecule has 1 heterocycles. The molecule has 1 N–H and O–H groups in total. The third-order valence-electron chi connectivity index (χ3n) is 4.20. The van der Waals surface area contributed by atoms with Crippen LogP contribution in [0.25, 0.3) is 22.6 Å². The Balaban J connectivity index is 1.82. The number of aromatic amines is 1. The lowest BCUT2D eigenvalue weighted by atomic mass is 10.1. The number of fused-ring (bicyclic) bond motifs is 1. The number of H-pyrrole nitrogens is 1. The molecule has 3 aromatic rings. The fourth-order valence-corrected chi connectivity index (χ4v) is 2.74. The maximum absolute atomic E-state index is 12.2. The highest BCUT2D eigenvalue weighted by Gasteiger charge is 2.08. The third-order valence-corrected chi connectivity index (χ3v) is 4.20. The molecular weight excluding hydrogens is 338 g/mol. The minimum atomic E-state index is -0.257. The largest absolute Gasteiger partial charge is 0.494 e. The smallest absolute Gasteiger partial charge is 0.259 e. The van der Waals surface area contributed by atoms with Gasteiger partial charge in [-0.15, -0.1) is 0 Å². The summed E-state index contributed by atoms with van der Waals surface area (Å²) in [5, 5.41) is 10.0. The summed E-state index contributed by atoms with van der Waals surface area (Å²) in [5.74, 6) is 1.07. The lowest BCUT2D eigenvalue weighted by molar-refractivity contribution is 0.306. The monoisotopic (exact) mass is 359 g/mol. The fourth-order valence-electron chi connectivity index (χ4n) is 2.74. The van der Waals surface area contributed by atoms with Crippen LogP contribution in [0.2, 0.25) is 0 Å². The molecule has 136 valence electrons. The Morgan fingerprint density at radius 1 is 1.19 bits per heavy atom. The van der Waals surface area contributed by atoms with Gasteiger partial charge in [0.2, 0.25) is 0 Å². The minimum Gasteiger partial charge on any atom is -0.494 e. The second kappa shape index (κ2) is 8.81. The van der Waals surface area contributed by atoms with Crippen LogP contribution >= 0.6 is 0 Å². The van der Waals surface area contributed by atoms with Gasteiger partial charge in [-0.1, -0.05) is 44.0 Å². The van der Waals surface area contributed by atoms with Crippen LogP contribution in [0, 0.1) is 11.3 Å². The number of aromatic nitrogens is 2. The molecule has 0 aliphatic carbocycles. The Kier molecular flexibility index (Phi) is 6.01. The first kappa shape index (κ1) is 18.4. The summed E-state index contributed by atoms with van der Waals surface area (Å²) >= 11 is 0. The molecular formula is C22H21N3O2. The van der Waals surface area contributed by atoms with Crippen molar-refractivity contribution in [2.45, 2.75) is 26.2 Å². The molecule has 0 saturated heterocycles. The van der Waals surface area contributed by atoms with E-state index in [4.69, 9.17) is 4.74 Å². The van der Waals surface area contributed by atoms with Crippen LogP contribution in [0.3, 0.4) is 0 Å². The van der Waals surface area contributed by atoms with Crippen molar-refractivity contribution in [2.75, 3.05) is 6.61 Å². The third kappa shape index (κ3) is 4.62. The van der Waals surface area contributed by atoms with Gasteiger partial charge in [-0.2, -0.15) is 5.26 Å². The van der Waals surface area contributed by atoms with Gasteiger partial charge in [0.1, 0.15) is 11.8 Å². The van der Waals surface area contributed by atoms with E-state index < -0.39 is 0 Å². The van der Waals surface area contributed by atoms with Crippen molar-refractivity contribution in [1.82, 2.24) is 9.97 Å². The molecule has 0 aliphatic rings. The van der Waals surface area contributed by atoms with Gasteiger partial charge in [0.15, 0.2) is 5.82 Å². The van der Waals surface area contributed by atoms with Crippen molar-refractivity contribution in [1.29, 1.82) is 5.26 Å². The van der Waals surface area contributed by atoms with E-state index >= 15 is 0 Å². The number of unbranched alkanes of at least 4 members (excludes halogenated alkanes) is 2. The minimum absolute atomic E-state index is 0.257. The number of rotatable bonds is 7. The van der Waals surface area contributed by atoms with Gasteiger partial charge in [-0.05, 0) is 42.3 Å². The summed E-state index contributed by atoms with van der Waals surface area (Å²) in [4.78, 5) is 19.3. The van der Waals surface area contributed by atoms with Gasteiger partial charge in [-0.25, -0.2) is 4.98 Å². The number of hydrogen-bond donors (Lipinski definition) is 1. The van der Waals surface area contributed by atoms with Crippen LogP contribution in [-0.4, -0.2) is 16.6 Å². The molecule has 27 heavy (non-hydrogen) atoms. The topological polar surface area (TPSA) is 78.8 Å². The Morgan fingerprint density at radius 3 is 2.70 bits per heavy atom. The first-order chi connectivity index (χ1) is 13.2. The van der Waals surface area contributed by atoms with E-state index in [1.54, 1.807) is 24.3 Å². The quantitative estimate of drug-likeness (QED) is 0.495. The molecule has 1 aromatic heterocycles. The molecule has 0 saturated carbocycles. The average molecular weight is 359 g/mol.